The van der Waals surface area contributed by atoms with Crippen LogP contribution in [0.5, 0.6) is 0 Å². The van der Waals surface area contributed by atoms with Crippen LogP contribution in [0.3, 0.4) is 0 Å². The van der Waals surface area contributed by atoms with Crippen LogP contribution >= 0.6 is 0 Å². The van der Waals surface area contributed by atoms with Crippen molar-refractivity contribution in [2.24, 2.45) is 5.92 Å². The molecule has 0 atom stereocenters. The summed E-state index contributed by atoms with van der Waals surface area (Å²) in [7, 11) is 0. The lowest BCUT2D eigenvalue weighted by atomic mass is 9.96. The molecular formula is C14H30O2. The molecule has 0 aromatic carbocycles. The van der Waals surface area contributed by atoms with Crippen LogP contribution in [0, 0.1) is 5.92 Å². The van der Waals surface area contributed by atoms with Gasteiger partial charge in [0.1, 0.15) is 0 Å². The lowest BCUT2D eigenvalue weighted by Crippen LogP contribution is -1.95. The lowest BCUT2D eigenvalue weighted by Gasteiger charge is -2.10. The summed E-state index contributed by atoms with van der Waals surface area (Å²) in [6.45, 7) is 10.5. The molecule has 0 heterocycles. The molecule has 0 saturated heterocycles. The van der Waals surface area contributed by atoms with Crippen molar-refractivity contribution in [2.45, 2.75) is 73.1 Å². The molecule has 2 heteroatoms. The minimum atomic E-state index is -0.211. The van der Waals surface area contributed by atoms with Crippen LogP contribution in [0.2, 0.25) is 0 Å². The summed E-state index contributed by atoms with van der Waals surface area (Å²) in [5, 5.41) is 0. The Kier molecular flexibility index (Phi) is 16.1. The third-order valence-corrected chi connectivity index (χ3v) is 2.72. The summed E-state index contributed by atoms with van der Waals surface area (Å²) in [6.07, 6.45) is 8.45. The van der Waals surface area contributed by atoms with E-state index in [1.54, 1.807) is 6.92 Å². The Morgan fingerprint density at radius 2 is 1.62 bits per heavy atom. The standard InChI is InChI=1S/C10H22.C4H8O2/c1-4-7-8-9-10(5-2)6-3;1-3-6-4(2)5/h10H,4-9H2,1-3H3;3H2,1-2H3. The van der Waals surface area contributed by atoms with E-state index in [0.717, 1.165) is 5.92 Å². The summed E-state index contributed by atoms with van der Waals surface area (Å²) in [4.78, 5) is 9.82. The number of carbonyl (C=O) groups is 1. The van der Waals surface area contributed by atoms with E-state index in [0.29, 0.717) is 6.61 Å². The molecule has 2 nitrogen and oxygen atoms in total. The quantitative estimate of drug-likeness (QED) is 0.473. The number of carbonyl (C=O) groups excluding carboxylic acids is 1. The molecule has 0 unspecified atom stereocenters. The predicted molar refractivity (Wildman–Crippen MR) is 70.5 cm³/mol. The van der Waals surface area contributed by atoms with Gasteiger partial charge in [0.05, 0.1) is 6.61 Å². The number of ether oxygens (including phenoxy) is 1. The third kappa shape index (κ3) is 15.9. The van der Waals surface area contributed by atoms with E-state index >= 15 is 0 Å². The van der Waals surface area contributed by atoms with Crippen molar-refractivity contribution >= 4 is 5.97 Å². The first kappa shape index (κ1) is 17.9. The van der Waals surface area contributed by atoms with E-state index < -0.39 is 0 Å². The fraction of sp³-hybridized carbons (Fsp3) is 0.929. The summed E-state index contributed by atoms with van der Waals surface area (Å²) in [5.41, 5.74) is 0. The van der Waals surface area contributed by atoms with Gasteiger partial charge in [0.15, 0.2) is 0 Å². The highest BCUT2D eigenvalue weighted by Gasteiger charge is 2.00. The van der Waals surface area contributed by atoms with Crippen molar-refractivity contribution in [1.29, 1.82) is 0 Å². The van der Waals surface area contributed by atoms with Crippen molar-refractivity contribution in [1.82, 2.24) is 0 Å². The monoisotopic (exact) mass is 230 g/mol. The Bertz CT molecular complexity index is 140. The molecule has 0 fully saturated rings. The van der Waals surface area contributed by atoms with Crippen molar-refractivity contribution in [2.75, 3.05) is 6.61 Å². The Morgan fingerprint density at radius 3 is 1.88 bits per heavy atom. The average molecular weight is 230 g/mol. The van der Waals surface area contributed by atoms with Crippen LogP contribution in [0.25, 0.3) is 0 Å². The smallest absolute Gasteiger partial charge is 0.302 e. The number of rotatable bonds is 7. The molecular weight excluding hydrogens is 200 g/mol. The van der Waals surface area contributed by atoms with Gasteiger partial charge in [-0.25, -0.2) is 0 Å². The molecule has 0 saturated carbocycles. The van der Waals surface area contributed by atoms with Gasteiger partial charge in [-0.15, -0.1) is 0 Å². The second-order valence-corrected chi connectivity index (χ2v) is 4.10. The Hall–Kier alpha value is -0.530. The van der Waals surface area contributed by atoms with Gasteiger partial charge in [-0.1, -0.05) is 59.3 Å². The predicted octanol–water partition coefficient (Wildman–Crippen LogP) is 4.57. The summed E-state index contributed by atoms with van der Waals surface area (Å²) >= 11 is 0. The Labute approximate surface area is 102 Å². The fourth-order valence-corrected chi connectivity index (χ4v) is 1.58. The number of hydrogen-bond acceptors (Lipinski definition) is 2. The van der Waals surface area contributed by atoms with Gasteiger partial charge in [0, 0.05) is 6.92 Å². The van der Waals surface area contributed by atoms with Crippen LogP contribution in [-0.2, 0) is 9.53 Å². The molecule has 98 valence electrons. The first-order chi connectivity index (χ1) is 7.62. The second-order valence-electron chi connectivity index (χ2n) is 4.10. The van der Waals surface area contributed by atoms with E-state index in [9.17, 15) is 4.79 Å². The van der Waals surface area contributed by atoms with Crippen LogP contribution in [0.4, 0.5) is 0 Å². The second kappa shape index (κ2) is 14.5. The highest BCUT2D eigenvalue weighted by molar-refractivity contribution is 5.65. The zero-order valence-electron chi connectivity index (χ0n) is 11.8. The molecule has 0 aromatic heterocycles. The minimum absolute atomic E-state index is 0.211. The van der Waals surface area contributed by atoms with E-state index in [1.165, 1.54) is 45.4 Å². The topological polar surface area (TPSA) is 26.3 Å². The Morgan fingerprint density at radius 1 is 1.06 bits per heavy atom. The first-order valence-electron chi connectivity index (χ1n) is 6.75. The molecule has 0 aliphatic heterocycles. The number of esters is 1. The molecule has 0 radical (unpaired) electrons. The first-order valence-corrected chi connectivity index (χ1v) is 6.75. The van der Waals surface area contributed by atoms with Gasteiger partial charge < -0.3 is 4.74 Å². The van der Waals surface area contributed by atoms with E-state index in [1.807, 2.05) is 0 Å². The zero-order chi connectivity index (χ0) is 12.8. The van der Waals surface area contributed by atoms with Gasteiger partial charge in [-0.05, 0) is 12.8 Å². The third-order valence-electron chi connectivity index (χ3n) is 2.72. The van der Waals surface area contributed by atoms with Crippen LogP contribution in [0.1, 0.15) is 73.1 Å². The van der Waals surface area contributed by atoms with E-state index in [4.69, 9.17) is 0 Å². The maximum Gasteiger partial charge on any atom is 0.302 e. The molecule has 0 aliphatic rings. The normalized spacial score (nSPS) is 9.62. The molecule has 0 amide bonds. The highest BCUT2D eigenvalue weighted by Crippen LogP contribution is 2.16. The maximum absolute atomic E-state index is 9.82. The lowest BCUT2D eigenvalue weighted by molar-refractivity contribution is -0.140. The van der Waals surface area contributed by atoms with Gasteiger partial charge in [-0.2, -0.15) is 0 Å². The van der Waals surface area contributed by atoms with E-state index in [-0.39, 0.29) is 5.97 Å². The molecule has 16 heavy (non-hydrogen) atoms. The summed E-state index contributed by atoms with van der Waals surface area (Å²) < 4.78 is 4.40. The molecule has 0 rings (SSSR count). The van der Waals surface area contributed by atoms with Gasteiger partial charge >= 0.3 is 5.97 Å². The summed E-state index contributed by atoms with van der Waals surface area (Å²) in [6, 6.07) is 0. The van der Waals surface area contributed by atoms with Crippen LogP contribution in [-0.4, -0.2) is 12.6 Å². The minimum Gasteiger partial charge on any atom is -0.466 e. The molecule has 0 bridgehead atoms. The average Bonchev–Trinajstić information content (AvgIpc) is 2.25. The van der Waals surface area contributed by atoms with Crippen molar-refractivity contribution in [3.05, 3.63) is 0 Å². The maximum atomic E-state index is 9.82. The highest BCUT2D eigenvalue weighted by atomic mass is 16.5. The fourth-order valence-electron chi connectivity index (χ4n) is 1.58. The molecule has 0 aromatic rings. The molecule has 0 N–H and O–H groups in total. The SMILES string of the molecule is CCCCCC(CC)CC.CCOC(C)=O. The van der Waals surface area contributed by atoms with Crippen molar-refractivity contribution in [3.63, 3.8) is 0 Å². The van der Waals surface area contributed by atoms with Gasteiger partial charge in [0.25, 0.3) is 0 Å². The Balaban J connectivity index is 0. The van der Waals surface area contributed by atoms with E-state index in [2.05, 4.69) is 25.5 Å². The largest absolute Gasteiger partial charge is 0.466 e. The summed E-state index contributed by atoms with van der Waals surface area (Å²) in [5.74, 6) is 0.795. The van der Waals surface area contributed by atoms with Crippen LogP contribution < -0.4 is 0 Å². The van der Waals surface area contributed by atoms with Crippen LogP contribution in [0.15, 0.2) is 0 Å². The number of unbranched alkanes of at least 4 members (excludes halogenated alkanes) is 2. The zero-order valence-corrected chi connectivity index (χ0v) is 11.8. The molecule has 0 aliphatic carbocycles. The molecule has 0 spiro atoms. The van der Waals surface area contributed by atoms with Crippen molar-refractivity contribution in [3.8, 4) is 0 Å². The van der Waals surface area contributed by atoms with Crippen molar-refractivity contribution < 1.29 is 9.53 Å². The van der Waals surface area contributed by atoms with Gasteiger partial charge in [-0.3, -0.25) is 4.79 Å². The number of hydrogen-bond donors (Lipinski definition) is 0. The van der Waals surface area contributed by atoms with Gasteiger partial charge in [0.2, 0.25) is 0 Å².